The number of hydrogen-bond acceptors (Lipinski definition) is 3. The Morgan fingerprint density at radius 2 is 2.28 bits per heavy atom. The van der Waals surface area contributed by atoms with E-state index < -0.39 is 0 Å². The Morgan fingerprint density at radius 3 is 2.94 bits per heavy atom. The fourth-order valence-corrected chi connectivity index (χ4v) is 3.24. The summed E-state index contributed by atoms with van der Waals surface area (Å²) in [5.41, 5.74) is 1.41. The minimum atomic E-state index is 0.615. The summed E-state index contributed by atoms with van der Waals surface area (Å²) < 4.78 is 0. The number of likely N-dealkylation sites (tertiary alicyclic amines) is 1. The summed E-state index contributed by atoms with van der Waals surface area (Å²) >= 11 is 1.82. The molecule has 0 bridgehead atoms. The lowest BCUT2D eigenvalue weighted by atomic mass is 10.1. The van der Waals surface area contributed by atoms with Gasteiger partial charge in [0.05, 0.1) is 5.03 Å². The molecule has 18 heavy (non-hydrogen) atoms. The highest BCUT2D eigenvalue weighted by molar-refractivity contribution is 7.99. The van der Waals surface area contributed by atoms with Crippen LogP contribution in [0.2, 0.25) is 0 Å². The molecule has 2 nitrogen and oxygen atoms in total. The van der Waals surface area contributed by atoms with Gasteiger partial charge in [-0.1, -0.05) is 26.3 Å². The molecule has 0 radical (unpaired) electrons. The third-order valence-electron chi connectivity index (χ3n) is 3.60. The van der Waals surface area contributed by atoms with Crippen molar-refractivity contribution in [3.05, 3.63) is 23.9 Å². The molecule has 1 atom stereocenters. The molecule has 0 amide bonds. The first-order valence-electron chi connectivity index (χ1n) is 7.18. The number of nitrogens with zero attached hydrogens (tertiary/aromatic N) is 2. The molecule has 1 aliphatic rings. The third-order valence-corrected chi connectivity index (χ3v) is 4.42. The van der Waals surface area contributed by atoms with E-state index in [1.807, 2.05) is 11.8 Å². The molecule has 1 fully saturated rings. The number of pyridine rings is 1. The third kappa shape index (κ3) is 3.48. The molecular formula is C15H24N2S. The molecule has 1 aromatic rings. The standard InChI is InChI=1S/C15H24N2S/c1-3-5-10-17-11-6-7-14(17)13-8-9-15(16-12-13)18-4-2/h8-9,12,14H,3-7,10-11H2,1-2H3/t14-/m1/s1. The van der Waals surface area contributed by atoms with E-state index in [2.05, 4.69) is 42.1 Å². The van der Waals surface area contributed by atoms with Crippen molar-refractivity contribution in [3.8, 4) is 0 Å². The zero-order valence-corrected chi connectivity index (χ0v) is 12.4. The van der Waals surface area contributed by atoms with Gasteiger partial charge in [-0.2, -0.15) is 0 Å². The largest absolute Gasteiger partial charge is 0.296 e. The van der Waals surface area contributed by atoms with Crippen molar-refractivity contribution in [2.75, 3.05) is 18.8 Å². The van der Waals surface area contributed by atoms with E-state index in [1.54, 1.807) is 0 Å². The highest BCUT2D eigenvalue weighted by atomic mass is 32.2. The van der Waals surface area contributed by atoms with Crippen LogP contribution in [0.5, 0.6) is 0 Å². The molecule has 0 unspecified atom stereocenters. The second kappa shape index (κ2) is 7.15. The highest BCUT2D eigenvalue weighted by Crippen LogP contribution is 2.32. The Labute approximate surface area is 115 Å². The van der Waals surface area contributed by atoms with Crippen molar-refractivity contribution in [1.29, 1.82) is 0 Å². The van der Waals surface area contributed by atoms with E-state index in [0.717, 1.165) is 10.8 Å². The molecule has 1 aromatic heterocycles. The first kappa shape index (κ1) is 13.9. The molecule has 1 aliphatic heterocycles. The maximum Gasteiger partial charge on any atom is 0.0959 e. The van der Waals surface area contributed by atoms with E-state index >= 15 is 0 Å². The van der Waals surface area contributed by atoms with Gasteiger partial charge in [-0.3, -0.25) is 4.90 Å². The van der Waals surface area contributed by atoms with Gasteiger partial charge in [0.15, 0.2) is 0 Å². The fraction of sp³-hybridized carbons (Fsp3) is 0.667. The predicted molar refractivity (Wildman–Crippen MR) is 79.1 cm³/mol. The molecule has 0 saturated carbocycles. The van der Waals surface area contributed by atoms with E-state index in [1.165, 1.54) is 44.3 Å². The fourth-order valence-electron chi connectivity index (χ4n) is 2.65. The quantitative estimate of drug-likeness (QED) is 0.719. The van der Waals surface area contributed by atoms with Crippen LogP contribution in [-0.4, -0.2) is 28.7 Å². The molecule has 3 heteroatoms. The summed E-state index contributed by atoms with van der Waals surface area (Å²) in [4.78, 5) is 7.20. The van der Waals surface area contributed by atoms with Gasteiger partial charge in [-0.25, -0.2) is 4.98 Å². The Bertz CT molecular complexity index is 350. The molecule has 2 heterocycles. The topological polar surface area (TPSA) is 16.1 Å². The number of aromatic nitrogens is 1. The molecule has 0 spiro atoms. The predicted octanol–water partition coefficient (Wildman–Crippen LogP) is 4.13. The first-order valence-corrected chi connectivity index (χ1v) is 8.16. The lowest BCUT2D eigenvalue weighted by molar-refractivity contribution is 0.253. The van der Waals surface area contributed by atoms with Gasteiger partial charge < -0.3 is 0 Å². The SMILES string of the molecule is CCCCN1CCC[C@@H]1c1ccc(SCC)nc1. The van der Waals surface area contributed by atoms with Gasteiger partial charge in [0, 0.05) is 12.2 Å². The maximum atomic E-state index is 4.56. The van der Waals surface area contributed by atoms with E-state index in [9.17, 15) is 0 Å². The van der Waals surface area contributed by atoms with Crippen LogP contribution in [0.25, 0.3) is 0 Å². The van der Waals surface area contributed by atoms with E-state index in [-0.39, 0.29) is 0 Å². The minimum absolute atomic E-state index is 0.615. The summed E-state index contributed by atoms with van der Waals surface area (Å²) in [5, 5.41) is 1.15. The van der Waals surface area contributed by atoms with Gasteiger partial charge in [-0.15, -0.1) is 11.8 Å². The van der Waals surface area contributed by atoms with Gasteiger partial charge in [0.2, 0.25) is 0 Å². The van der Waals surface area contributed by atoms with Crippen LogP contribution in [0.3, 0.4) is 0 Å². The van der Waals surface area contributed by atoms with Crippen molar-refractivity contribution >= 4 is 11.8 Å². The normalized spacial score (nSPS) is 20.4. The van der Waals surface area contributed by atoms with Gasteiger partial charge >= 0.3 is 0 Å². The zero-order chi connectivity index (χ0) is 12.8. The van der Waals surface area contributed by atoms with Crippen molar-refractivity contribution in [2.24, 2.45) is 0 Å². The highest BCUT2D eigenvalue weighted by Gasteiger charge is 2.25. The van der Waals surface area contributed by atoms with Crippen LogP contribution in [0.15, 0.2) is 23.4 Å². The van der Waals surface area contributed by atoms with E-state index in [0.29, 0.717) is 6.04 Å². The molecular weight excluding hydrogens is 240 g/mol. The van der Waals surface area contributed by atoms with Crippen LogP contribution >= 0.6 is 11.8 Å². The summed E-state index contributed by atoms with van der Waals surface area (Å²) in [6.07, 6.45) is 7.32. The average Bonchev–Trinajstić information content (AvgIpc) is 2.86. The summed E-state index contributed by atoms with van der Waals surface area (Å²) in [7, 11) is 0. The van der Waals surface area contributed by atoms with Crippen molar-refractivity contribution in [2.45, 2.75) is 50.6 Å². The molecule has 0 aliphatic carbocycles. The number of rotatable bonds is 6. The molecule has 0 N–H and O–H groups in total. The van der Waals surface area contributed by atoms with Crippen LogP contribution in [0, 0.1) is 0 Å². The first-order chi connectivity index (χ1) is 8.85. The number of thioether (sulfide) groups is 1. The smallest absolute Gasteiger partial charge is 0.0959 e. The van der Waals surface area contributed by atoms with Crippen LogP contribution in [0.4, 0.5) is 0 Å². The lowest BCUT2D eigenvalue weighted by Crippen LogP contribution is -2.24. The van der Waals surface area contributed by atoms with E-state index in [4.69, 9.17) is 0 Å². The minimum Gasteiger partial charge on any atom is -0.296 e. The Hall–Kier alpha value is -0.540. The van der Waals surface area contributed by atoms with Crippen LogP contribution in [0.1, 0.15) is 51.1 Å². The molecule has 2 rings (SSSR count). The van der Waals surface area contributed by atoms with Gasteiger partial charge in [-0.05, 0) is 49.7 Å². The average molecular weight is 264 g/mol. The molecule has 100 valence electrons. The Kier molecular flexibility index (Phi) is 5.51. The summed E-state index contributed by atoms with van der Waals surface area (Å²) in [6.45, 7) is 6.94. The molecule has 0 aromatic carbocycles. The Balaban J connectivity index is 2.00. The van der Waals surface area contributed by atoms with Crippen molar-refractivity contribution in [1.82, 2.24) is 9.88 Å². The maximum absolute atomic E-state index is 4.56. The van der Waals surface area contributed by atoms with Crippen LogP contribution < -0.4 is 0 Å². The zero-order valence-electron chi connectivity index (χ0n) is 11.6. The van der Waals surface area contributed by atoms with Crippen molar-refractivity contribution in [3.63, 3.8) is 0 Å². The second-order valence-electron chi connectivity index (χ2n) is 4.91. The summed E-state index contributed by atoms with van der Waals surface area (Å²) in [5.74, 6) is 1.10. The molecule has 1 saturated heterocycles. The van der Waals surface area contributed by atoms with Gasteiger partial charge in [0.1, 0.15) is 0 Å². The Morgan fingerprint density at radius 1 is 1.39 bits per heavy atom. The summed E-state index contributed by atoms with van der Waals surface area (Å²) in [6, 6.07) is 5.07. The number of hydrogen-bond donors (Lipinski definition) is 0. The van der Waals surface area contributed by atoms with Crippen molar-refractivity contribution < 1.29 is 0 Å². The monoisotopic (exact) mass is 264 g/mol. The number of unbranched alkanes of at least 4 members (excludes halogenated alkanes) is 1. The van der Waals surface area contributed by atoms with Gasteiger partial charge in [0.25, 0.3) is 0 Å². The van der Waals surface area contributed by atoms with Crippen LogP contribution in [-0.2, 0) is 0 Å². The lowest BCUT2D eigenvalue weighted by Gasteiger charge is -2.24. The second-order valence-corrected chi connectivity index (χ2v) is 6.19.